The molecule has 0 heterocycles. The molecule has 0 aliphatic heterocycles. The van der Waals surface area contributed by atoms with Gasteiger partial charge in [0.15, 0.2) is 0 Å². The summed E-state index contributed by atoms with van der Waals surface area (Å²) in [4.78, 5) is 16.6. The topological polar surface area (TPSA) is 123 Å². The van der Waals surface area contributed by atoms with E-state index in [2.05, 4.69) is 0 Å². The first-order chi connectivity index (χ1) is 15.3. The third-order valence-electron chi connectivity index (χ3n) is 4.42. The summed E-state index contributed by atoms with van der Waals surface area (Å²) >= 11 is 0. The lowest BCUT2D eigenvalue weighted by Crippen LogP contribution is -2.33. The smallest absolute Gasteiger partial charge is 0.330 e. The fourth-order valence-corrected chi connectivity index (χ4v) is 4.16. The maximum absolute atomic E-state index is 13.0. The van der Waals surface area contributed by atoms with E-state index >= 15 is 0 Å². The van der Waals surface area contributed by atoms with Crippen LogP contribution in [0.1, 0.15) is 18.1 Å². The largest absolute Gasteiger partial charge is 0.493 e. The van der Waals surface area contributed by atoms with Crippen LogP contribution in [-0.2, 0) is 26.1 Å². The Hall–Kier alpha value is -3.85. The summed E-state index contributed by atoms with van der Waals surface area (Å²) in [7, 11) is -4.13. The van der Waals surface area contributed by atoms with E-state index in [4.69, 9.17) is 20.7 Å². The quantitative estimate of drug-likeness (QED) is 0.291. The van der Waals surface area contributed by atoms with Gasteiger partial charge in [-0.1, -0.05) is 53.0 Å². The van der Waals surface area contributed by atoms with Crippen molar-refractivity contribution in [3.63, 3.8) is 0 Å². The van der Waals surface area contributed by atoms with E-state index in [1.165, 1.54) is 24.3 Å². The van der Waals surface area contributed by atoms with Crippen molar-refractivity contribution in [1.29, 1.82) is 5.41 Å². The highest BCUT2D eigenvalue weighted by Crippen LogP contribution is 2.27. The first-order valence-corrected chi connectivity index (χ1v) is 11.2. The molecule has 3 aromatic carbocycles. The van der Waals surface area contributed by atoms with Crippen LogP contribution in [0.3, 0.4) is 0 Å². The van der Waals surface area contributed by atoms with E-state index in [0.717, 1.165) is 12.5 Å². The van der Waals surface area contributed by atoms with Gasteiger partial charge in [-0.25, -0.2) is 4.79 Å². The molecule has 9 heteroatoms. The number of carbonyl (C=O) groups is 1. The van der Waals surface area contributed by atoms with Crippen molar-refractivity contribution >= 4 is 27.5 Å². The van der Waals surface area contributed by atoms with Crippen LogP contribution in [0.4, 0.5) is 5.69 Å². The average molecular weight is 454 g/mol. The number of amidine groups is 1. The van der Waals surface area contributed by atoms with Gasteiger partial charge in [0, 0.05) is 25.0 Å². The highest BCUT2D eigenvalue weighted by molar-refractivity contribution is 7.92. The molecule has 0 saturated carbocycles. The second-order valence-corrected chi connectivity index (χ2v) is 8.59. The second kappa shape index (κ2) is 9.97. The predicted molar refractivity (Wildman–Crippen MR) is 121 cm³/mol. The Morgan fingerprint density at radius 1 is 1.00 bits per heavy atom. The number of carbonyl (C=O) groups excluding carboxylic acids is 1. The molecule has 0 spiro atoms. The molecular weight excluding hydrogens is 430 g/mol. The summed E-state index contributed by atoms with van der Waals surface area (Å²) in [6.45, 7) is 1.47. The van der Waals surface area contributed by atoms with Gasteiger partial charge in [0.2, 0.25) is 0 Å². The maximum Gasteiger partial charge on any atom is 0.330 e. The molecule has 3 N–H and O–H groups in total. The van der Waals surface area contributed by atoms with Crippen LogP contribution < -0.4 is 14.9 Å². The summed E-state index contributed by atoms with van der Waals surface area (Å²) < 4.78 is 32.4. The summed E-state index contributed by atoms with van der Waals surface area (Å²) in [6.07, 6.45) is 0.596. The SMILES string of the molecule is CC(=O)ON(c1cccc(OCCc2ccc(C(=N)N)cc2)c1)S(=O)(=O)c1ccccc1. The van der Waals surface area contributed by atoms with Crippen molar-refractivity contribution in [3.05, 3.63) is 90.0 Å². The molecule has 0 amide bonds. The van der Waals surface area contributed by atoms with Gasteiger partial charge in [0.25, 0.3) is 10.0 Å². The second-order valence-electron chi connectivity index (χ2n) is 6.83. The van der Waals surface area contributed by atoms with E-state index in [-0.39, 0.29) is 16.4 Å². The minimum atomic E-state index is -4.13. The minimum Gasteiger partial charge on any atom is -0.493 e. The molecular formula is C23H23N3O5S. The number of nitrogens with zero attached hydrogens (tertiary/aromatic N) is 1. The number of benzene rings is 3. The third kappa shape index (κ3) is 5.64. The van der Waals surface area contributed by atoms with Crippen LogP contribution in [0.15, 0.2) is 83.8 Å². The third-order valence-corrected chi connectivity index (χ3v) is 6.01. The zero-order valence-corrected chi connectivity index (χ0v) is 18.2. The van der Waals surface area contributed by atoms with Crippen LogP contribution in [-0.4, -0.2) is 26.8 Å². The van der Waals surface area contributed by atoms with Gasteiger partial charge in [0.1, 0.15) is 11.6 Å². The van der Waals surface area contributed by atoms with Crippen molar-refractivity contribution in [1.82, 2.24) is 0 Å². The lowest BCUT2D eigenvalue weighted by molar-refractivity contribution is -0.140. The first-order valence-electron chi connectivity index (χ1n) is 9.72. The molecule has 166 valence electrons. The highest BCUT2D eigenvalue weighted by Gasteiger charge is 2.28. The van der Waals surface area contributed by atoms with Crippen molar-refractivity contribution in [3.8, 4) is 5.75 Å². The molecule has 0 fully saturated rings. The van der Waals surface area contributed by atoms with Gasteiger partial charge in [-0.15, -0.1) is 0 Å². The summed E-state index contributed by atoms with van der Waals surface area (Å²) in [6, 6.07) is 21.3. The zero-order chi connectivity index (χ0) is 23.1. The molecule has 0 atom stereocenters. The van der Waals surface area contributed by atoms with Gasteiger partial charge >= 0.3 is 5.97 Å². The number of sulfonamides is 1. The zero-order valence-electron chi connectivity index (χ0n) is 17.4. The fourth-order valence-electron chi connectivity index (χ4n) is 2.87. The van der Waals surface area contributed by atoms with Crippen LogP contribution in [0, 0.1) is 5.41 Å². The standard InChI is InChI=1S/C23H23N3O5S/c1-17(27)31-26(32(28,29)22-8-3-2-4-9-22)20-6-5-7-21(16-20)30-15-14-18-10-12-19(13-11-18)23(24)25/h2-13,16H,14-15H2,1H3,(H3,24,25). The number of anilines is 1. The first kappa shape index (κ1) is 22.8. The number of ether oxygens (including phenoxy) is 1. The molecule has 0 aliphatic rings. The Bertz CT molecular complexity index is 1200. The fraction of sp³-hybridized carbons (Fsp3) is 0.130. The summed E-state index contributed by atoms with van der Waals surface area (Å²) in [5.74, 6) is -0.347. The van der Waals surface area contributed by atoms with Crippen LogP contribution in [0.25, 0.3) is 0 Å². The number of nitrogens with one attached hydrogen (secondary N) is 1. The number of hydrogen-bond acceptors (Lipinski definition) is 6. The average Bonchev–Trinajstić information content (AvgIpc) is 2.78. The van der Waals surface area contributed by atoms with Crippen LogP contribution in [0.2, 0.25) is 0 Å². The van der Waals surface area contributed by atoms with Crippen molar-refractivity contribution in [2.24, 2.45) is 5.73 Å². The minimum absolute atomic E-state index is 0.00686. The van der Waals surface area contributed by atoms with Crippen LogP contribution in [0.5, 0.6) is 5.75 Å². The summed E-state index contributed by atoms with van der Waals surface area (Å²) in [5.41, 5.74) is 7.23. The van der Waals surface area contributed by atoms with E-state index in [1.807, 2.05) is 12.1 Å². The van der Waals surface area contributed by atoms with E-state index < -0.39 is 16.0 Å². The molecule has 0 aromatic heterocycles. The van der Waals surface area contributed by atoms with Crippen LogP contribution >= 0.6 is 0 Å². The molecule has 0 saturated heterocycles. The molecule has 3 aromatic rings. The Kier molecular flexibility index (Phi) is 7.11. The summed E-state index contributed by atoms with van der Waals surface area (Å²) in [5, 5.41) is 7.43. The van der Waals surface area contributed by atoms with E-state index in [0.29, 0.717) is 28.8 Å². The molecule has 0 bridgehead atoms. The normalized spacial score (nSPS) is 10.9. The Morgan fingerprint density at radius 3 is 2.31 bits per heavy atom. The van der Waals surface area contributed by atoms with E-state index in [9.17, 15) is 13.2 Å². The molecule has 0 aliphatic carbocycles. The van der Waals surface area contributed by atoms with Crippen molar-refractivity contribution in [2.45, 2.75) is 18.2 Å². The number of nitrogen functional groups attached to an aromatic ring is 1. The van der Waals surface area contributed by atoms with Crippen molar-refractivity contribution < 1.29 is 22.8 Å². The number of rotatable bonds is 9. The molecule has 8 nitrogen and oxygen atoms in total. The Morgan fingerprint density at radius 2 is 1.69 bits per heavy atom. The van der Waals surface area contributed by atoms with Gasteiger partial charge in [0.05, 0.1) is 17.2 Å². The van der Waals surface area contributed by atoms with Gasteiger partial charge < -0.3 is 15.3 Å². The molecule has 0 radical (unpaired) electrons. The van der Waals surface area contributed by atoms with E-state index in [1.54, 1.807) is 42.5 Å². The lowest BCUT2D eigenvalue weighted by atomic mass is 10.1. The number of hydrogen-bond donors (Lipinski definition) is 2. The molecule has 32 heavy (non-hydrogen) atoms. The molecule has 0 unspecified atom stereocenters. The lowest BCUT2D eigenvalue weighted by Gasteiger charge is -2.22. The van der Waals surface area contributed by atoms with Gasteiger partial charge in [-0.05, 0) is 29.8 Å². The van der Waals surface area contributed by atoms with Crippen molar-refractivity contribution in [2.75, 3.05) is 11.1 Å². The Labute approximate surface area is 186 Å². The van der Waals surface area contributed by atoms with Gasteiger partial charge in [-0.3, -0.25) is 5.41 Å². The molecule has 3 rings (SSSR count). The number of nitrogens with two attached hydrogens (primary N) is 1. The highest BCUT2D eigenvalue weighted by atomic mass is 32.2. The van der Waals surface area contributed by atoms with Gasteiger partial charge in [-0.2, -0.15) is 8.42 Å². The monoisotopic (exact) mass is 453 g/mol. The predicted octanol–water partition coefficient (Wildman–Crippen LogP) is 3.27. The Balaban J connectivity index is 1.76. The maximum atomic E-state index is 13.0.